The molecule has 1 unspecified atom stereocenters. The maximum atomic E-state index is 13.8. The van der Waals surface area contributed by atoms with E-state index in [0.717, 1.165) is 18.7 Å². The summed E-state index contributed by atoms with van der Waals surface area (Å²) in [7, 11) is 1.71. The minimum Gasteiger partial charge on any atom is -0.444 e. The first-order chi connectivity index (χ1) is 14.7. The van der Waals surface area contributed by atoms with Gasteiger partial charge in [-0.1, -0.05) is 12.1 Å². The molecule has 0 aliphatic carbocycles. The van der Waals surface area contributed by atoms with Crippen molar-refractivity contribution < 1.29 is 18.7 Å². The lowest BCUT2D eigenvalue weighted by molar-refractivity contribution is 0.00687. The minimum absolute atomic E-state index is 0.00203. The van der Waals surface area contributed by atoms with Gasteiger partial charge in [-0.25, -0.2) is 9.18 Å². The molecular formula is C22H34FN5O3. The average molecular weight is 436 g/mol. The molecule has 0 aromatic heterocycles. The quantitative estimate of drug-likeness (QED) is 0.544. The Hall–Kier alpha value is -2.39. The van der Waals surface area contributed by atoms with Crippen molar-refractivity contribution in [2.24, 2.45) is 4.99 Å². The van der Waals surface area contributed by atoms with E-state index < -0.39 is 5.60 Å². The largest absolute Gasteiger partial charge is 0.444 e. The number of hydrogen-bond donors (Lipinski definition) is 2. The first-order valence-corrected chi connectivity index (χ1v) is 10.8. The number of morpholine rings is 1. The highest BCUT2D eigenvalue weighted by molar-refractivity contribution is 5.80. The highest BCUT2D eigenvalue weighted by Gasteiger charge is 2.34. The Labute approximate surface area is 183 Å². The van der Waals surface area contributed by atoms with Crippen LogP contribution < -0.4 is 10.6 Å². The molecule has 1 amide bonds. The van der Waals surface area contributed by atoms with E-state index in [0.29, 0.717) is 38.8 Å². The number of amides is 1. The number of halogens is 1. The average Bonchev–Trinajstić information content (AvgIpc) is 2.68. The second kappa shape index (κ2) is 10.3. The SMILES string of the molecule is CN=C(NCC(c1cccc(F)c1)N1CCOCC1)NC1CN(C(=O)OC(C)(C)C)C1. The number of nitrogens with one attached hydrogen (secondary N) is 2. The number of carbonyl (C=O) groups is 1. The van der Waals surface area contributed by atoms with Gasteiger partial charge in [-0.3, -0.25) is 9.89 Å². The van der Waals surface area contributed by atoms with Crippen molar-refractivity contribution in [3.63, 3.8) is 0 Å². The second-order valence-electron chi connectivity index (χ2n) is 8.90. The van der Waals surface area contributed by atoms with Crippen LogP contribution in [0.4, 0.5) is 9.18 Å². The molecule has 0 saturated carbocycles. The van der Waals surface area contributed by atoms with Crippen LogP contribution >= 0.6 is 0 Å². The summed E-state index contributed by atoms with van der Waals surface area (Å²) in [6, 6.07) is 6.84. The van der Waals surface area contributed by atoms with E-state index in [4.69, 9.17) is 9.47 Å². The van der Waals surface area contributed by atoms with Gasteiger partial charge in [-0.15, -0.1) is 0 Å². The number of nitrogens with zero attached hydrogens (tertiary/aromatic N) is 3. The zero-order valence-electron chi connectivity index (χ0n) is 18.9. The Bertz CT molecular complexity index is 771. The Morgan fingerprint density at radius 2 is 2.03 bits per heavy atom. The van der Waals surface area contributed by atoms with E-state index in [1.54, 1.807) is 24.1 Å². The predicted molar refractivity (Wildman–Crippen MR) is 118 cm³/mol. The van der Waals surface area contributed by atoms with Gasteiger partial charge < -0.3 is 25.0 Å². The van der Waals surface area contributed by atoms with Gasteiger partial charge in [-0.2, -0.15) is 0 Å². The Balaban J connectivity index is 1.54. The van der Waals surface area contributed by atoms with Crippen molar-refractivity contribution in [2.45, 2.75) is 38.5 Å². The molecule has 2 aliphatic rings. The lowest BCUT2D eigenvalue weighted by atomic mass is 10.0. The van der Waals surface area contributed by atoms with Crippen LogP contribution in [0.1, 0.15) is 32.4 Å². The molecule has 1 atom stereocenters. The molecule has 2 saturated heterocycles. The zero-order valence-corrected chi connectivity index (χ0v) is 18.9. The standard InChI is InChI=1S/C22H34FN5O3/c1-22(2,3)31-21(29)28-14-18(15-28)26-20(24-4)25-13-19(27-8-10-30-11-9-27)16-6-5-7-17(23)12-16/h5-7,12,18-19H,8-11,13-15H2,1-4H3,(H2,24,25,26). The third kappa shape index (κ3) is 6.80. The molecule has 8 nitrogen and oxygen atoms in total. The van der Waals surface area contributed by atoms with Gasteiger partial charge in [0.15, 0.2) is 5.96 Å². The Kier molecular flexibility index (Phi) is 7.72. The molecule has 3 rings (SSSR count). The van der Waals surface area contributed by atoms with Crippen LogP contribution in [-0.4, -0.2) is 86.5 Å². The number of hydrogen-bond acceptors (Lipinski definition) is 5. The fraction of sp³-hybridized carbons (Fsp3) is 0.636. The summed E-state index contributed by atoms with van der Waals surface area (Å²) < 4.78 is 24.7. The lowest BCUT2D eigenvalue weighted by Crippen LogP contribution is -2.63. The van der Waals surface area contributed by atoms with Crippen molar-refractivity contribution in [2.75, 3.05) is 53.0 Å². The Morgan fingerprint density at radius 3 is 2.65 bits per heavy atom. The van der Waals surface area contributed by atoms with Gasteiger partial charge in [0.2, 0.25) is 0 Å². The molecule has 172 valence electrons. The van der Waals surface area contributed by atoms with E-state index in [-0.39, 0.29) is 24.0 Å². The molecule has 2 aliphatic heterocycles. The van der Waals surface area contributed by atoms with Crippen LogP contribution in [0.25, 0.3) is 0 Å². The van der Waals surface area contributed by atoms with Gasteiger partial charge in [0.05, 0.1) is 25.3 Å². The maximum absolute atomic E-state index is 13.8. The Morgan fingerprint density at radius 1 is 1.32 bits per heavy atom. The summed E-state index contributed by atoms with van der Waals surface area (Å²) in [5.41, 5.74) is 0.420. The van der Waals surface area contributed by atoms with Crippen molar-refractivity contribution in [1.82, 2.24) is 20.4 Å². The van der Waals surface area contributed by atoms with E-state index in [9.17, 15) is 9.18 Å². The van der Waals surface area contributed by atoms with E-state index in [2.05, 4.69) is 20.5 Å². The molecule has 1 aromatic rings. The van der Waals surface area contributed by atoms with E-state index in [1.807, 2.05) is 26.8 Å². The first-order valence-electron chi connectivity index (χ1n) is 10.8. The lowest BCUT2D eigenvalue weighted by Gasteiger charge is -2.41. The smallest absolute Gasteiger partial charge is 0.410 e. The maximum Gasteiger partial charge on any atom is 0.410 e. The topological polar surface area (TPSA) is 78.4 Å². The summed E-state index contributed by atoms with van der Waals surface area (Å²) in [6.07, 6.45) is -0.299. The van der Waals surface area contributed by atoms with Gasteiger partial charge in [-0.05, 0) is 38.5 Å². The van der Waals surface area contributed by atoms with Crippen LogP contribution in [0.15, 0.2) is 29.3 Å². The van der Waals surface area contributed by atoms with Crippen LogP contribution in [0.3, 0.4) is 0 Å². The molecule has 2 heterocycles. The summed E-state index contributed by atoms with van der Waals surface area (Å²) in [5.74, 6) is 0.415. The second-order valence-corrected chi connectivity index (χ2v) is 8.90. The summed E-state index contributed by atoms with van der Waals surface area (Å²) in [4.78, 5) is 20.4. The molecule has 0 radical (unpaired) electrons. The van der Waals surface area contributed by atoms with Gasteiger partial charge >= 0.3 is 6.09 Å². The third-order valence-corrected chi connectivity index (χ3v) is 5.28. The number of benzene rings is 1. The van der Waals surface area contributed by atoms with Crippen LogP contribution in [0.2, 0.25) is 0 Å². The van der Waals surface area contributed by atoms with Crippen molar-refractivity contribution in [3.8, 4) is 0 Å². The van der Waals surface area contributed by atoms with Crippen molar-refractivity contribution in [1.29, 1.82) is 0 Å². The molecular weight excluding hydrogens is 401 g/mol. The van der Waals surface area contributed by atoms with Gasteiger partial charge in [0.25, 0.3) is 0 Å². The number of rotatable bonds is 5. The molecule has 2 fully saturated rings. The summed E-state index contributed by atoms with van der Waals surface area (Å²) in [6.45, 7) is 10.2. The molecule has 1 aromatic carbocycles. The fourth-order valence-corrected chi connectivity index (χ4v) is 3.69. The monoisotopic (exact) mass is 435 g/mol. The number of carbonyl (C=O) groups excluding carboxylic acids is 1. The normalized spacial score (nSPS) is 19.5. The molecule has 9 heteroatoms. The van der Waals surface area contributed by atoms with Crippen LogP contribution in [0.5, 0.6) is 0 Å². The highest BCUT2D eigenvalue weighted by atomic mass is 19.1. The van der Waals surface area contributed by atoms with Crippen molar-refractivity contribution in [3.05, 3.63) is 35.6 Å². The number of guanidine groups is 1. The fourth-order valence-electron chi connectivity index (χ4n) is 3.69. The van der Waals surface area contributed by atoms with Crippen LogP contribution in [-0.2, 0) is 9.47 Å². The minimum atomic E-state index is -0.501. The van der Waals surface area contributed by atoms with E-state index in [1.165, 1.54) is 6.07 Å². The number of aliphatic imine (C=N–C) groups is 1. The summed E-state index contributed by atoms with van der Waals surface area (Å²) in [5, 5.41) is 6.71. The number of ether oxygens (including phenoxy) is 2. The van der Waals surface area contributed by atoms with Crippen molar-refractivity contribution >= 4 is 12.1 Å². The summed E-state index contributed by atoms with van der Waals surface area (Å²) >= 11 is 0. The van der Waals surface area contributed by atoms with Gasteiger partial charge in [0, 0.05) is 39.8 Å². The number of likely N-dealkylation sites (tertiary alicyclic amines) is 1. The zero-order chi connectivity index (χ0) is 22.4. The molecule has 31 heavy (non-hydrogen) atoms. The van der Waals surface area contributed by atoms with E-state index >= 15 is 0 Å². The molecule has 0 spiro atoms. The highest BCUT2D eigenvalue weighted by Crippen LogP contribution is 2.22. The molecule has 2 N–H and O–H groups in total. The predicted octanol–water partition coefficient (Wildman–Crippen LogP) is 1.98. The first kappa shape index (κ1) is 23.3. The molecule has 0 bridgehead atoms. The third-order valence-electron chi connectivity index (χ3n) is 5.28. The van der Waals surface area contributed by atoms with Crippen LogP contribution in [0, 0.1) is 5.82 Å². The van der Waals surface area contributed by atoms with Gasteiger partial charge in [0.1, 0.15) is 11.4 Å².